The van der Waals surface area contributed by atoms with Crippen molar-refractivity contribution in [2.45, 2.75) is 25.7 Å². The topological polar surface area (TPSA) is 73.6 Å². The van der Waals surface area contributed by atoms with Crippen molar-refractivity contribution >= 4 is 5.91 Å². The van der Waals surface area contributed by atoms with Crippen molar-refractivity contribution in [2.24, 2.45) is 11.1 Å². The molecule has 1 amide bonds. The Labute approximate surface area is 125 Å². The smallest absolute Gasteiger partial charge is 0.251 e. The average molecular weight is 292 g/mol. The molecule has 1 saturated carbocycles. The Hall–Kier alpha value is -1.75. The lowest BCUT2D eigenvalue weighted by Gasteiger charge is -2.27. The molecule has 116 valence electrons. The van der Waals surface area contributed by atoms with Crippen LogP contribution in [-0.4, -0.2) is 33.2 Å². The van der Waals surface area contributed by atoms with Crippen molar-refractivity contribution in [3.63, 3.8) is 0 Å². The second-order valence-electron chi connectivity index (χ2n) is 5.66. The Kier molecular flexibility index (Phi) is 5.07. The number of methoxy groups -OCH3 is 2. The van der Waals surface area contributed by atoms with Crippen molar-refractivity contribution in [1.82, 2.24) is 5.32 Å². The summed E-state index contributed by atoms with van der Waals surface area (Å²) in [6.07, 6.45) is 4.58. The Morgan fingerprint density at radius 2 is 1.90 bits per heavy atom. The van der Waals surface area contributed by atoms with Gasteiger partial charge in [0.05, 0.1) is 14.2 Å². The number of amides is 1. The first-order valence-corrected chi connectivity index (χ1v) is 7.34. The van der Waals surface area contributed by atoms with Crippen LogP contribution in [0.25, 0.3) is 0 Å². The molecule has 0 unspecified atom stereocenters. The molecule has 0 heterocycles. The normalized spacial score (nSPS) is 16.5. The summed E-state index contributed by atoms with van der Waals surface area (Å²) >= 11 is 0. The summed E-state index contributed by atoms with van der Waals surface area (Å²) in [7, 11) is 3.13. The largest absolute Gasteiger partial charge is 0.493 e. The van der Waals surface area contributed by atoms with E-state index in [-0.39, 0.29) is 11.3 Å². The van der Waals surface area contributed by atoms with Gasteiger partial charge in [0.2, 0.25) is 0 Å². The van der Waals surface area contributed by atoms with E-state index in [9.17, 15) is 4.79 Å². The molecule has 0 radical (unpaired) electrons. The molecule has 0 aromatic heterocycles. The third-order valence-electron chi connectivity index (χ3n) is 4.37. The Morgan fingerprint density at radius 3 is 2.48 bits per heavy atom. The molecule has 1 aliphatic carbocycles. The minimum Gasteiger partial charge on any atom is -0.493 e. The van der Waals surface area contributed by atoms with Crippen molar-refractivity contribution in [3.05, 3.63) is 23.8 Å². The van der Waals surface area contributed by atoms with Gasteiger partial charge in [0.1, 0.15) is 0 Å². The van der Waals surface area contributed by atoms with E-state index in [1.807, 2.05) is 0 Å². The minimum absolute atomic E-state index is 0.0756. The predicted octanol–water partition coefficient (Wildman–Crippen LogP) is 1.95. The first kappa shape index (κ1) is 15.6. The van der Waals surface area contributed by atoms with Crippen molar-refractivity contribution in [1.29, 1.82) is 0 Å². The van der Waals surface area contributed by atoms with Gasteiger partial charge in [0.25, 0.3) is 5.91 Å². The van der Waals surface area contributed by atoms with Gasteiger partial charge in [-0.2, -0.15) is 0 Å². The number of carbonyl (C=O) groups is 1. The van der Waals surface area contributed by atoms with Gasteiger partial charge < -0.3 is 20.5 Å². The highest BCUT2D eigenvalue weighted by Crippen LogP contribution is 2.36. The number of nitrogens with one attached hydrogen (secondary N) is 1. The van der Waals surface area contributed by atoms with E-state index in [0.29, 0.717) is 30.2 Å². The zero-order chi connectivity index (χ0) is 15.3. The molecule has 21 heavy (non-hydrogen) atoms. The van der Waals surface area contributed by atoms with Crippen LogP contribution in [0.1, 0.15) is 36.0 Å². The molecule has 3 N–H and O–H groups in total. The van der Waals surface area contributed by atoms with Crippen LogP contribution in [0.4, 0.5) is 0 Å². The molecular weight excluding hydrogens is 268 g/mol. The molecule has 0 bridgehead atoms. The van der Waals surface area contributed by atoms with E-state index in [0.717, 1.165) is 12.8 Å². The molecule has 0 saturated heterocycles. The zero-order valence-electron chi connectivity index (χ0n) is 12.8. The molecule has 1 aromatic rings. The summed E-state index contributed by atoms with van der Waals surface area (Å²) in [6, 6.07) is 5.17. The van der Waals surface area contributed by atoms with Gasteiger partial charge >= 0.3 is 0 Å². The lowest BCUT2D eigenvalue weighted by atomic mass is 9.86. The number of rotatable bonds is 6. The van der Waals surface area contributed by atoms with E-state index < -0.39 is 0 Å². The lowest BCUT2D eigenvalue weighted by Crippen LogP contribution is -2.40. The van der Waals surface area contributed by atoms with E-state index in [1.165, 1.54) is 12.8 Å². The van der Waals surface area contributed by atoms with Crippen LogP contribution < -0.4 is 20.5 Å². The molecule has 5 nitrogen and oxygen atoms in total. The fourth-order valence-corrected chi connectivity index (χ4v) is 2.93. The number of carbonyl (C=O) groups excluding carboxylic acids is 1. The van der Waals surface area contributed by atoms with Crippen LogP contribution in [0, 0.1) is 5.41 Å². The standard InChI is InChI=1S/C16H24N2O3/c1-20-13-6-5-12(9-14(13)21-2)15(19)18-11-16(10-17)7-3-4-8-16/h5-6,9H,3-4,7-8,10-11,17H2,1-2H3,(H,18,19). The van der Waals surface area contributed by atoms with Crippen LogP contribution in [0.5, 0.6) is 11.5 Å². The van der Waals surface area contributed by atoms with Crippen molar-refractivity contribution < 1.29 is 14.3 Å². The number of hydrogen-bond acceptors (Lipinski definition) is 4. The molecule has 0 spiro atoms. The van der Waals surface area contributed by atoms with Crippen LogP contribution in [0.2, 0.25) is 0 Å². The third-order valence-corrected chi connectivity index (χ3v) is 4.37. The summed E-state index contributed by atoms with van der Waals surface area (Å²) in [5, 5.41) is 3.01. The molecule has 1 aliphatic rings. The van der Waals surface area contributed by atoms with Crippen molar-refractivity contribution in [3.8, 4) is 11.5 Å². The summed E-state index contributed by atoms with van der Waals surface area (Å²) < 4.78 is 10.4. The fourth-order valence-electron chi connectivity index (χ4n) is 2.93. The second kappa shape index (κ2) is 6.80. The molecule has 2 rings (SSSR count). The number of nitrogens with two attached hydrogens (primary N) is 1. The van der Waals surface area contributed by atoms with E-state index >= 15 is 0 Å². The molecule has 1 aromatic carbocycles. The Bertz CT molecular complexity index is 496. The SMILES string of the molecule is COc1ccc(C(=O)NCC2(CN)CCCC2)cc1OC. The van der Waals surface area contributed by atoms with Crippen molar-refractivity contribution in [2.75, 3.05) is 27.3 Å². The molecule has 1 fully saturated rings. The molecule has 0 atom stereocenters. The Morgan fingerprint density at radius 1 is 1.24 bits per heavy atom. The van der Waals surface area contributed by atoms with E-state index in [2.05, 4.69) is 5.32 Å². The lowest BCUT2D eigenvalue weighted by molar-refractivity contribution is 0.0931. The summed E-state index contributed by atoms with van der Waals surface area (Å²) in [4.78, 5) is 12.3. The number of benzene rings is 1. The summed E-state index contributed by atoms with van der Waals surface area (Å²) in [6.45, 7) is 1.26. The quantitative estimate of drug-likeness (QED) is 0.840. The zero-order valence-corrected chi connectivity index (χ0v) is 12.8. The maximum Gasteiger partial charge on any atom is 0.251 e. The minimum atomic E-state index is -0.101. The number of ether oxygens (including phenoxy) is 2. The Balaban J connectivity index is 2.03. The van der Waals surface area contributed by atoms with Crippen LogP contribution in [0.15, 0.2) is 18.2 Å². The summed E-state index contributed by atoms with van der Waals surface area (Å²) in [5.41, 5.74) is 6.53. The maximum atomic E-state index is 12.3. The summed E-state index contributed by atoms with van der Waals surface area (Å²) in [5.74, 6) is 1.07. The monoisotopic (exact) mass is 292 g/mol. The highest BCUT2D eigenvalue weighted by Gasteiger charge is 2.32. The predicted molar refractivity (Wildman–Crippen MR) is 81.8 cm³/mol. The van der Waals surface area contributed by atoms with Gasteiger partial charge in [-0.3, -0.25) is 4.79 Å². The number of hydrogen-bond donors (Lipinski definition) is 2. The van der Waals surface area contributed by atoms with Crippen LogP contribution in [0.3, 0.4) is 0 Å². The van der Waals surface area contributed by atoms with Gasteiger partial charge in [-0.25, -0.2) is 0 Å². The van der Waals surface area contributed by atoms with Gasteiger partial charge in [-0.05, 0) is 43.0 Å². The first-order chi connectivity index (χ1) is 10.1. The highest BCUT2D eigenvalue weighted by molar-refractivity contribution is 5.94. The first-order valence-electron chi connectivity index (χ1n) is 7.34. The van der Waals surface area contributed by atoms with Gasteiger partial charge in [0.15, 0.2) is 11.5 Å². The van der Waals surface area contributed by atoms with E-state index in [4.69, 9.17) is 15.2 Å². The van der Waals surface area contributed by atoms with Crippen LogP contribution in [-0.2, 0) is 0 Å². The van der Waals surface area contributed by atoms with Gasteiger partial charge in [0, 0.05) is 12.1 Å². The third kappa shape index (κ3) is 3.47. The molecule has 5 heteroatoms. The molecular formula is C16H24N2O3. The van der Waals surface area contributed by atoms with Gasteiger partial charge in [-0.1, -0.05) is 12.8 Å². The second-order valence-corrected chi connectivity index (χ2v) is 5.66. The highest BCUT2D eigenvalue weighted by atomic mass is 16.5. The maximum absolute atomic E-state index is 12.3. The van der Waals surface area contributed by atoms with E-state index in [1.54, 1.807) is 32.4 Å². The van der Waals surface area contributed by atoms with Gasteiger partial charge in [-0.15, -0.1) is 0 Å². The van der Waals surface area contributed by atoms with Crippen LogP contribution >= 0.6 is 0 Å². The fraction of sp³-hybridized carbons (Fsp3) is 0.562. The molecule has 0 aliphatic heterocycles. The average Bonchev–Trinajstić information content (AvgIpc) is 3.01.